The molecule has 122 valence electrons. The number of pyridine rings is 1. The molecule has 2 fully saturated rings. The summed E-state index contributed by atoms with van der Waals surface area (Å²) in [7, 11) is 0. The molecule has 0 bridgehead atoms. The van der Waals surface area contributed by atoms with Crippen molar-refractivity contribution in [2.75, 3.05) is 36.0 Å². The molecule has 0 radical (unpaired) electrons. The van der Waals surface area contributed by atoms with E-state index < -0.39 is 0 Å². The molecule has 3 heterocycles. The van der Waals surface area contributed by atoms with Crippen molar-refractivity contribution in [1.82, 2.24) is 15.0 Å². The van der Waals surface area contributed by atoms with Crippen LogP contribution in [0, 0.1) is 18.3 Å². The van der Waals surface area contributed by atoms with Gasteiger partial charge in [-0.15, -0.1) is 0 Å². The number of nitrogens with zero attached hydrogens (tertiary/aromatic N) is 6. The van der Waals surface area contributed by atoms with Gasteiger partial charge in [0.1, 0.15) is 23.5 Å². The third-order valence-corrected chi connectivity index (χ3v) is 4.64. The van der Waals surface area contributed by atoms with Crippen LogP contribution in [0.15, 0.2) is 24.4 Å². The number of piperazine rings is 1. The molecule has 1 saturated heterocycles. The maximum absolute atomic E-state index is 8.87. The Bertz CT molecular complexity index is 767. The van der Waals surface area contributed by atoms with Gasteiger partial charge < -0.3 is 9.80 Å². The summed E-state index contributed by atoms with van der Waals surface area (Å²) in [6.45, 7) is 5.62. The largest absolute Gasteiger partial charge is 0.353 e. The van der Waals surface area contributed by atoms with E-state index in [0.717, 1.165) is 43.6 Å². The molecule has 6 heteroatoms. The van der Waals surface area contributed by atoms with Crippen LogP contribution in [0.5, 0.6) is 0 Å². The number of aryl methyl sites for hydroxylation is 1. The van der Waals surface area contributed by atoms with Gasteiger partial charge in [-0.3, -0.25) is 0 Å². The van der Waals surface area contributed by atoms with Crippen LogP contribution in [-0.4, -0.2) is 41.1 Å². The molecule has 0 N–H and O–H groups in total. The Labute approximate surface area is 141 Å². The Morgan fingerprint density at radius 2 is 1.75 bits per heavy atom. The minimum atomic E-state index is 0.599. The van der Waals surface area contributed by atoms with E-state index >= 15 is 0 Å². The smallest absolute Gasteiger partial charge is 0.132 e. The van der Waals surface area contributed by atoms with E-state index in [4.69, 9.17) is 5.26 Å². The molecule has 0 atom stereocenters. The lowest BCUT2D eigenvalue weighted by Gasteiger charge is -2.36. The quantitative estimate of drug-likeness (QED) is 0.864. The van der Waals surface area contributed by atoms with Gasteiger partial charge in [0, 0.05) is 50.1 Å². The Hall–Kier alpha value is -2.68. The number of rotatable bonds is 3. The molecular weight excluding hydrogens is 300 g/mol. The zero-order valence-electron chi connectivity index (χ0n) is 13.8. The Morgan fingerprint density at radius 1 is 1.04 bits per heavy atom. The molecule has 2 aliphatic rings. The molecule has 0 aromatic carbocycles. The zero-order chi connectivity index (χ0) is 16.5. The van der Waals surface area contributed by atoms with Gasteiger partial charge in [0.25, 0.3) is 0 Å². The van der Waals surface area contributed by atoms with Crippen molar-refractivity contribution in [1.29, 1.82) is 5.26 Å². The van der Waals surface area contributed by atoms with E-state index in [0.29, 0.717) is 11.5 Å². The first-order chi connectivity index (χ1) is 11.7. The number of hydrogen-bond acceptors (Lipinski definition) is 6. The molecule has 1 aliphatic carbocycles. The lowest BCUT2D eigenvalue weighted by molar-refractivity contribution is 0.639. The van der Waals surface area contributed by atoms with E-state index in [1.54, 1.807) is 6.20 Å². The highest BCUT2D eigenvalue weighted by Gasteiger charge is 2.27. The van der Waals surface area contributed by atoms with Gasteiger partial charge in [0.15, 0.2) is 0 Å². The van der Waals surface area contributed by atoms with Crippen molar-refractivity contribution < 1.29 is 0 Å². The summed E-state index contributed by atoms with van der Waals surface area (Å²) < 4.78 is 0. The molecule has 4 rings (SSSR count). The second-order valence-corrected chi connectivity index (χ2v) is 6.46. The monoisotopic (exact) mass is 320 g/mol. The molecule has 2 aromatic rings. The summed E-state index contributed by atoms with van der Waals surface area (Å²) in [6, 6.07) is 8.02. The zero-order valence-corrected chi connectivity index (χ0v) is 13.8. The van der Waals surface area contributed by atoms with Crippen LogP contribution in [-0.2, 0) is 0 Å². The van der Waals surface area contributed by atoms with Crippen LogP contribution in [0.4, 0.5) is 11.6 Å². The van der Waals surface area contributed by atoms with Crippen LogP contribution in [0.25, 0.3) is 0 Å². The number of hydrogen-bond donors (Lipinski definition) is 0. The lowest BCUT2D eigenvalue weighted by Crippen LogP contribution is -2.47. The summed E-state index contributed by atoms with van der Waals surface area (Å²) in [5.41, 5.74) is 1.80. The number of nitriles is 1. The lowest BCUT2D eigenvalue weighted by atomic mass is 10.2. The van der Waals surface area contributed by atoms with Gasteiger partial charge in [-0.25, -0.2) is 15.0 Å². The van der Waals surface area contributed by atoms with Crippen molar-refractivity contribution in [2.24, 2.45) is 0 Å². The summed E-state index contributed by atoms with van der Waals surface area (Å²) in [5.74, 6) is 3.50. The predicted octanol–water partition coefficient (Wildman–Crippen LogP) is 2.26. The Kier molecular flexibility index (Phi) is 3.77. The van der Waals surface area contributed by atoms with Crippen molar-refractivity contribution in [3.8, 4) is 6.07 Å². The fourth-order valence-corrected chi connectivity index (χ4v) is 3.13. The second-order valence-electron chi connectivity index (χ2n) is 6.46. The normalized spacial score (nSPS) is 17.7. The first kappa shape index (κ1) is 14.9. The van der Waals surface area contributed by atoms with Crippen LogP contribution < -0.4 is 9.80 Å². The van der Waals surface area contributed by atoms with Crippen molar-refractivity contribution in [3.05, 3.63) is 41.5 Å². The molecule has 0 spiro atoms. The topological polar surface area (TPSA) is 68.9 Å². The van der Waals surface area contributed by atoms with E-state index in [1.165, 1.54) is 18.5 Å². The first-order valence-corrected chi connectivity index (χ1v) is 8.44. The molecular formula is C18H20N6. The van der Waals surface area contributed by atoms with Gasteiger partial charge in [-0.05, 0) is 31.9 Å². The molecule has 1 aliphatic heterocycles. The fourth-order valence-electron chi connectivity index (χ4n) is 3.13. The molecule has 0 amide bonds. The van der Waals surface area contributed by atoms with Crippen molar-refractivity contribution in [3.63, 3.8) is 0 Å². The van der Waals surface area contributed by atoms with E-state index in [9.17, 15) is 0 Å². The van der Waals surface area contributed by atoms with E-state index in [1.807, 2.05) is 19.1 Å². The van der Waals surface area contributed by atoms with Gasteiger partial charge in [-0.2, -0.15) is 5.26 Å². The number of aromatic nitrogens is 3. The third kappa shape index (κ3) is 3.02. The third-order valence-electron chi connectivity index (χ3n) is 4.64. The minimum absolute atomic E-state index is 0.599. The molecule has 0 unspecified atom stereocenters. The van der Waals surface area contributed by atoms with Gasteiger partial charge in [0.2, 0.25) is 0 Å². The second kappa shape index (κ2) is 6.08. The highest BCUT2D eigenvalue weighted by molar-refractivity contribution is 5.47. The minimum Gasteiger partial charge on any atom is -0.353 e. The first-order valence-electron chi connectivity index (χ1n) is 8.44. The maximum atomic E-state index is 8.87. The highest BCUT2D eigenvalue weighted by atomic mass is 15.3. The summed E-state index contributed by atoms with van der Waals surface area (Å²) in [5, 5.41) is 8.87. The Morgan fingerprint density at radius 3 is 2.33 bits per heavy atom. The summed E-state index contributed by atoms with van der Waals surface area (Å²) in [4.78, 5) is 18.2. The standard InChI is InChI=1S/C18H20N6/c1-13-21-16(15-3-4-15)10-18(22-13)24-8-6-23(7-9-24)17-5-2-14(11-19)12-20-17/h2,5,10,12,15H,3-4,6-9H2,1H3. The average molecular weight is 320 g/mol. The fraction of sp³-hybridized carbons (Fsp3) is 0.444. The Balaban J connectivity index is 1.45. The number of anilines is 2. The predicted molar refractivity (Wildman–Crippen MR) is 92.1 cm³/mol. The summed E-state index contributed by atoms with van der Waals surface area (Å²) >= 11 is 0. The van der Waals surface area contributed by atoms with Crippen molar-refractivity contribution >= 4 is 11.6 Å². The van der Waals surface area contributed by atoms with Crippen LogP contribution in [0.3, 0.4) is 0 Å². The van der Waals surface area contributed by atoms with Gasteiger partial charge in [-0.1, -0.05) is 0 Å². The maximum Gasteiger partial charge on any atom is 0.132 e. The van der Waals surface area contributed by atoms with Crippen LogP contribution in [0.1, 0.15) is 35.8 Å². The van der Waals surface area contributed by atoms with Crippen molar-refractivity contribution in [2.45, 2.75) is 25.7 Å². The molecule has 2 aromatic heterocycles. The van der Waals surface area contributed by atoms with Crippen LogP contribution >= 0.6 is 0 Å². The van der Waals surface area contributed by atoms with Gasteiger partial charge >= 0.3 is 0 Å². The molecule has 6 nitrogen and oxygen atoms in total. The van der Waals surface area contributed by atoms with E-state index in [-0.39, 0.29) is 0 Å². The molecule has 24 heavy (non-hydrogen) atoms. The SMILES string of the molecule is Cc1nc(C2CC2)cc(N2CCN(c3ccc(C#N)cn3)CC2)n1. The highest BCUT2D eigenvalue weighted by Crippen LogP contribution is 2.39. The van der Waals surface area contributed by atoms with E-state index in [2.05, 4.69) is 36.9 Å². The van der Waals surface area contributed by atoms with Crippen LogP contribution in [0.2, 0.25) is 0 Å². The van der Waals surface area contributed by atoms with Gasteiger partial charge in [0.05, 0.1) is 5.56 Å². The summed E-state index contributed by atoms with van der Waals surface area (Å²) in [6.07, 6.45) is 4.15. The molecule has 1 saturated carbocycles. The average Bonchev–Trinajstić information content (AvgIpc) is 3.47.